The summed E-state index contributed by atoms with van der Waals surface area (Å²) in [6.45, 7) is 0. The number of amidine groups is 1. The molecule has 0 amide bonds. The number of carboxylic acid groups (broad SMARTS) is 1. The highest BCUT2D eigenvalue weighted by Crippen LogP contribution is 2.31. The number of hydrogen-bond donors (Lipinski definition) is 2. The van der Waals surface area contributed by atoms with Crippen LogP contribution in [0.4, 0.5) is 5.69 Å². The number of aromatic carboxylic acids is 1. The van der Waals surface area contributed by atoms with Gasteiger partial charge in [0.1, 0.15) is 11.2 Å². The van der Waals surface area contributed by atoms with Gasteiger partial charge in [0.2, 0.25) is 5.89 Å². The molecule has 1 atom stereocenters. The number of oxazole rings is 1. The number of carboxylic acids is 1. The topological polar surface area (TPSA) is 139 Å². The highest BCUT2D eigenvalue weighted by Gasteiger charge is 2.30. The van der Waals surface area contributed by atoms with Crippen molar-refractivity contribution in [1.29, 1.82) is 0 Å². The van der Waals surface area contributed by atoms with Crippen LogP contribution in [0.1, 0.15) is 40.6 Å². The van der Waals surface area contributed by atoms with Crippen LogP contribution in [-0.4, -0.2) is 36.1 Å². The molecule has 158 valence electrons. The third-order valence-corrected chi connectivity index (χ3v) is 6.16. The number of nitrogens with one attached hydrogen (secondary N) is 1. The molecule has 1 aromatic heterocycles. The molecule has 3 aromatic rings. The number of rotatable bonds is 7. The standard InChI is InChI=1S/C21H17N3O6S/c25-17(9-7-15(20-22-10-11-30-20)13-4-2-1-3-5-13)19-23-16-8-6-14(21(26)27)12-18(16)31(28,29)24-19/h1-6,8,10-12,15H,7,9H2,(H,23,24)(H,26,27). The van der Waals surface area contributed by atoms with Crippen LogP contribution in [0, 0.1) is 0 Å². The first-order chi connectivity index (χ1) is 14.8. The third kappa shape index (κ3) is 4.24. The molecule has 31 heavy (non-hydrogen) atoms. The molecule has 1 aliphatic heterocycles. The number of aromatic nitrogens is 1. The number of hydrogen-bond acceptors (Lipinski definition) is 7. The Hall–Kier alpha value is -3.79. The Morgan fingerprint density at radius 1 is 1.13 bits per heavy atom. The summed E-state index contributed by atoms with van der Waals surface area (Å²) in [6, 6.07) is 13.0. The van der Waals surface area contributed by atoms with E-state index in [2.05, 4.69) is 14.7 Å². The normalized spacial score (nSPS) is 15.3. The second-order valence-electron chi connectivity index (χ2n) is 6.85. The van der Waals surface area contributed by atoms with Crippen LogP contribution >= 0.6 is 0 Å². The summed E-state index contributed by atoms with van der Waals surface area (Å²) in [6.07, 6.45) is 3.30. The Bertz CT molecular complexity index is 1270. The maximum atomic E-state index is 12.8. The second-order valence-corrected chi connectivity index (χ2v) is 8.42. The van der Waals surface area contributed by atoms with Crippen LogP contribution < -0.4 is 5.32 Å². The molecule has 2 heterocycles. The number of carbonyl (C=O) groups excluding carboxylic acids is 1. The van der Waals surface area contributed by atoms with E-state index in [9.17, 15) is 18.0 Å². The summed E-state index contributed by atoms with van der Waals surface area (Å²) in [5.41, 5.74) is 0.830. The molecule has 0 bridgehead atoms. The van der Waals surface area contributed by atoms with Gasteiger partial charge in [0, 0.05) is 6.42 Å². The van der Waals surface area contributed by atoms with Crippen molar-refractivity contribution in [3.8, 4) is 0 Å². The van der Waals surface area contributed by atoms with E-state index in [1.807, 2.05) is 30.3 Å². The van der Waals surface area contributed by atoms with Gasteiger partial charge in [-0.1, -0.05) is 30.3 Å². The summed E-state index contributed by atoms with van der Waals surface area (Å²) in [5.74, 6) is -1.90. The number of Topliss-reactive ketones (excluding diaryl/α,β-unsaturated/α-hetero) is 1. The summed E-state index contributed by atoms with van der Waals surface area (Å²) in [4.78, 5) is 27.8. The van der Waals surface area contributed by atoms with Crippen LogP contribution in [0.25, 0.3) is 0 Å². The van der Waals surface area contributed by atoms with Crippen LogP contribution in [-0.2, 0) is 14.8 Å². The maximum absolute atomic E-state index is 12.8. The highest BCUT2D eigenvalue weighted by molar-refractivity contribution is 7.90. The predicted molar refractivity (Wildman–Crippen MR) is 111 cm³/mol. The molecule has 1 aliphatic rings. The monoisotopic (exact) mass is 439 g/mol. The number of carbonyl (C=O) groups is 2. The molecule has 0 aliphatic carbocycles. The van der Waals surface area contributed by atoms with Crippen molar-refractivity contribution < 1.29 is 27.5 Å². The Morgan fingerprint density at radius 2 is 1.90 bits per heavy atom. The van der Waals surface area contributed by atoms with Crippen molar-refractivity contribution in [2.75, 3.05) is 5.32 Å². The van der Waals surface area contributed by atoms with E-state index >= 15 is 0 Å². The van der Waals surface area contributed by atoms with Crippen molar-refractivity contribution in [3.05, 3.63) is 78.0 Å². The lowest BCUT2D eigenvalue weighted by atomic mass is 9.93. The van der Waals surface area contributed by atoms with E-state index in [0.717, 1.165) is 11.6 Å². The molecule has 2 N–H and O–H groups in total. The van der Waals surface area contributed by atoms with Crippen LogP contribution in [0.15, 0.2) is 74.7 Å². The van der Waals surface area contributed by atoms with Gasteiger partial charge in [0.15, 0.2) is 11.6 Å². The van der Waals surface area contributed by atoms with Crippen LogP contribution in [0.3, 0.4) is 0 Å². The predicted octanol–water partition coefficient (Wildman–Crippen LogP) is 3.07. The largest absolute Gasteiger partial charge is 0.478 e. The van der Waals surface area contributed by atoms with E-state index in [4.69, 9.17) is 9.52 Å². The second kappa shape index (κ2) is 8.15. The molecule has 4 rings (SSSR count). The lowest BCUT2D eigenvalue weighted by Gasteiger charge is -2.18. The number of benzene rings is 2. The molecule has 0 radical (unpaired) electrons. The van der Waals surface area contributed by atoms with Gasteiger partial charge in [-0.2, -0.15) is 8.42 Å². The molecule has 1 unspecified atom stereocenters. The van der Waals surface area contributed by atoms with Gasteiger partial charge < -0.3 is 14.8 Å². The van der Waals surface area contributed by atoms with E-state index in [1.165, 1.54) is 24.6 Å². The fourth-order valence-electron chi connectivity index (χ4n) is 3.33. The molecule has 0 saturated heterocycles. The minimum atomic E-state index is -4.22. The van der Waals surface area contributed by atoms with Crippen molar-refractivity contribution in [1.82, 2.24) is 4.98 Å². The van der Waals surface area contributed by atoms with E-state index in [-0.39, 0.29) is 34.3 Å². The summed E-state index contributed by atoms with van der Waals surface area (Å²) in [5, 5.41) is 11.8. The summed E-state index contributed by atoms with van der Waals surface area (Å²) >= 11 is 0. The van der Waals surface area contributed by atoms with Crippen molar-refractivity contribution in [2.24, 2.45) is 4.40 Å². The van der Waals surface area contributed by atoms with Crippen molar-refractivity contribution in [3.63, 3.8) is 0 Å². The van der Waals surface area contributed by atoms with Crippen LogP contribution in [0.5, 0.6) is 0 Å². The number of sulfonamides is 1. The number of ketones is 1. The summed E-state index contributed by atoms with van der Waals surface area (Å²) < 4.78 is 34.0. The van der Waals surface area contributed by atoms with Crippen molar-refractivity contribution >= 4 is 33.3 Å². The smallest absolute Gasteiger partial charge is 0.335 e. The fraction of sp³-hybridized carbons (Fsp3) is 0.143. The fourth-order valence-corrected chi connectivity index (χ4v) is 4.49. The van der Waals surface area contributed by atoms with E-state index < -0.39 is 21.8 Å². The molecule has 0 saturated carbocycles. The zero-order chi connectivity index (χ0) is 22.0. The van der Waals surface area contributed by atoms with E-state index in [0.29, 0.717) is 12.3 Å². The minimum absolute atomic E-state index is 0.00810. The zero-order valence-electron chi connectivity index (χ0n) is 16.1. The van der Waals surface area contributed by atoms with Gasteiger partial charge in [-0.15, -0.1) is 4.40 Å². The van der Waals surface area contributed by atoms with Gasteiger partial charge in [0.25, 0.3) is 10.0 Å². The number of anilines is 1. The molecule has 9 nitrogen and oxygen atoms in total. The molecule has 10 heteroatoms. The van der Waals surface area contributed by atoms with Crippen LogP contribution in [0.2, 0.25) is 0 Å². The Balaban J connectivity index is 1.55. The molecule has 2 aromatic carbocycles. The van der Waals surface area contributed by atoms with Gasteiger partial charge >= 0.3 is 5.97 Å². The highest BCUT2D eigenvalue weighted by atomic mass is 32.2. The minimum Gasteiger partial charge on any atom is -0.478 e. The maximum Gasteiger partial charge on any atom is 0.335 e. The molecule has 0 fully saturated rings. The first-order valence-electron chi connectivity index (χ1n) is 9.32. The lowest BCUT2D eigenvalue weighted by molar-refractivity contribution is -0.113. The number of fused-ring (bicyclic) bond motifs is 1. The average molecular weight is 439 g/mol. The van der Waals surface area contributed by atoms with Gasteiger partial charge in [-0.05, 0) is 30.2 Å². The number of nitrogens with zero attached hydrogens (tertiary/aromatic N) is 2. The lowest BCUT2D eigenvalue weighted by Crippen LogP contribution is -2.29. The summed E-state index contributed by atoms with van der Waals surface area (Å²) in [7, 11) is -4.22. The average Bonchev–Trinajstić information content (AvgIpc) is 3.28. The Labute approximate surface area is 177 Å². The molecule has 0 spiro atoms. The van der Waals surface area contributed by atoms with Gasteiger partial charge in [-0.25, -0.2) is 9.78 Å². The first-order valence-corrected chi connectivity index (χ1v) is 10.8. The van der Waals surface area contributed by atoms with E-state index in [1.54, 1.807) is 0 Å². The first kappa shape index (κ1) is 20.5. The quantitative estimate of drug-likeness (QED) is 0.573. The van der Waals surface area contributed by atoms with Crippen molar-refractivity contribution in [2.45, 2.75) is 23.7 Å². The van der Waals surface area contributed by atoms with Gasteiger partial charge in [-0.3, -0.25) is 4.79 Å². The molecular formula is C21H17N3O6S. The van der Waals surface area contributed by atoms with Gasteiger partial charge in [0.05, 0.1) is 23.4 Å². The Kier molecular flexibility index (Phi) is 5.38. The SMILES string of the molecule is O=C(CCC(c1ccccc1)c1ncco1)C1=NS(=O)(=O)c2cc(C(=O)O)ccc2N1. The Morgan fingerprint density at radius 3 is 2.58 bits per heavy atom. The third-order valence-electron chi connectivity index (χ3n) is 4.85. The zero-order valence-corrected chi connectivity index (χ0v) is 16.9. The molecular weight excluding hydrogens is 422 g/mol.